The van der Waals surface area contributed by atoms with Crippen LogP contribution in [0.2, 0.25) is 0 Å². The first-order valence-corrected chi connectivity index (χ1v) is 8.05. The number of rotatable bonds is 1. The maximum atomic E-state index is 4.92. The molecule has 2 unspecified atom stereocenters. The van der Waals surface area contributed by atoms with E-state index in [1.54, 1.807) is 0 Å². The van der Waals surface area contributed by atoms with Gasteiger partial charge >= 0.3 is 0 Å². The minimum Gasteiger partial charge on any atom is -0.355 e. The summed E-state index contributed by atoms with van der Waals surface area (Å²) in [5, 5.41) is 1.27. The number of benzene rings is 1. The maximum absolute atomic E-state index is 4.92. The molecule has 1 aromatic heterocycles. The van der Waals surface area contributed by atoms with E-state index < -0.39 is 0 Å². The summed E-state index contributed by atoms with van der Waals surface area (Å²) in [5.41, 5.74) is 2.45. The van der Waals surface area contributed by atoms with Gasteiger partial charge in [-0.3, -0.25) is 4.90 Å². The van der Waals surface area contributed by atoms with Gasteiger partial charge < -0.3 is 4.90 Å². The Hall–Kier alpha value is -1.61. The minimum absolute atomic E-state index is 0.700. The molecule has 0 aliphatic carbocycles. The molecule has 2 bridgehead atoms. The number of anilines is 1. The molecule has 2 fully saturated rings. The van der Waals surface area contributed by atoms with E-state index in [2.05, 4.69) is 54.1 Å². The Labute approximate surface area is 126 Å². The molecule has 0 amide bonds. The van der Waals surface area contributed by atoms with Gasteiger partial charge in [0.2, 0.25) is 0 Å². The molecule has 3 heterocycles. The van der Waals surface area contributed by atoms with Crippen molar-refractivity contribution in [2.45, 2.75) is 38.3 Å². The molecule has 110 valence electrons. The molecule has 2 aromatic rings. The first-order chi connectivity index (χ1) is 10.2. The van der Waals surface area contributed by atoms with Crippen LogP contribution in [0.4, 0.5) is 5.82 Å². The van der Waals surface area contributed by atoms with E-state index >= 15 is 0 Å². The highest BCUT2D eigenvalue weighted by molar-refractivity contribution is 5.83. The summed E-state index contributed by atoms with van der Waals surface area (Å²) in [5.74, 6) is 1.16. The standard InChI is InChI=1S/C18H23N3/c1-13-11-18(19-17-6-4-3-5-16(13)17)21-10-9-14-7-8-15(12-21)20(14)2/h3-6,11,14-15H,7-10,12H2,1-2H3. The van der Waals surface area contributed by atoms with Gasteiger partial charge in [-0.2, -0.15) is 0 Å². The second kappa shape index (κ2) is 4.99. The molecule has 3 heteroatoms. The van der Waals surface area contributed by atoms with Gasteiger partial charge in [-0.05, 0) is 50.9 Å². The Morgan fingerprint density at radius 2 is 1.90 bits per heavy atom. The Morgan fingerprint density at radius 3 is 2.81 bits per heavy atom. The second-order valence-corrected chi connectivity index (χ2v) is 6.60. The van der Waals surface area contributed by atoms with Crippen LogP contribution in [-0.2, 0) is 0 Å². The molecule has 2 aliphatic heterocycles. The highest BCUT2D eigenvalue weighted by Gasteiger charge is 2.34. The Bertz CT molecular complexity index is 667. The second-order valence-electron chi connectivity index (χ2n) is 6.60. The van der Waals surface area contributed by atoms with E-state index in [1.165, 1.54) is 30.2 Å². The van der Waals surface area contributed by atoms with E-state index in [-0.39, 0.29) is 0 Å². The zero-order valence-electron chi connectivity index (χ0n) is 12.9. The predicted molar refractivity (Wildman–Crippen MR) is 87.9 cm³/mol. The van der Waals surface area contributed by atoms with Crippen LogP contribution in [-0.4, -0.2) is 42.1 Å². The summed E-state index contributed by atoms with van der Waals surface area (Å²) < 4.78 is 0. The molecule has 0 N–H and O–H groups in total. The monoisotopic (exact) mass is 281 g/mol. The first kappa shape index (κ1) is 13.1. The number of aromatic nitrogens is 1. The van der Waals surface area contributed by atoms with Crippen LogP contribution in [0.3, 0.4) is 0 Å². The van der Waals surface area contributed by atoms with E-state index in [1.807, 2.05) is 0 Å². The molecular weight excluding hydrogens is 258 g/mol. The number of hydrogen-bond acceptors (Lipinski definition) is 3. The molecule has 0 spiro atoms. The molecule has 2 aliphatic rings. The fourth-order valence-electron chi connectivity index (χ4n) is 4.01. The van der Waals surface area contributed by atoms with E-state index in [0.717, 1.165) is 30.5 Å². The highest BCUT2D eigenvalue weighted by Crippen LogP contribution is 2.31. The van der Waals surface area contributed by atoms with Crippen LogP contribution in [0.1, 0.15) is 24.8 Å². The third-order valence-corrected chi connectivity index (χ3v) is 5.38. The van der Waals surface area contributed by atoms with Crippen molar-refractivity contribution in [3.05, 3.63) is 35.9 Å². The minimum atomic E-state index is 0.700. The molecule has 4 rings (SSSR count). The number of fused-ring (bicyclic) bond motifs is 3. The van der Waals surface area contributed by atoms with E-state index in [4.69, 9.17) is 4.98 Å². The lowest BCUT2D eigenvalue weighted by Crippen LogP contribution is -2.37. The fraction of sp³-hybridized carbons (Fsp3) is 0.500. The summed E-state index contributed by atoms with van der Waals surface area (Å²) in [6.45, 7) is 4.46. The van der Waals surface area contributed by atoms with Gasteiger partial charge in [0.25, 0.3) is 0 Å². The topological polar surface area (TPSA) is 19.4 Å². The van der Waals surface area contributed by atoms with Crippen molar-refractivity contribution < 1.29 is 0 Å². The Kier molecular flexibility index (Phi) is 3.11. The molecule has 2 saturated heterocycles. The molecule has 0 radical (unpaired) electrons. The summed E-state index contributed by atoms with van der Waals surface area (Å²) in [7, 11) is 2.30. The number of hydrogen-bond donors (Lipinski definition) is 0. The fourth-order valence-corrected chi connectivity index (χ4v) is 4.01. The smallest absolute Gasteiger partial charge is 0.129 e. The lowest BCUT2D eigenvalue weighted by molar-refractivity contribution is 0.254. The van der Waals surface area contributed by atoms with Gasteiger partial charge in [-0.1, -0.05) is 18.2 Å². The number of para-hydroxylation sites is 1. The van der Waals surface area contributed by atoms with Gasteiger partial charge in [0.15, 0.2) is 0 Å². The van der Waals surface area contributed by atoms with Crippen LogP contribution in [0.15, 0.2) is 30.3 Å². The summed E-state index contributed by atoms with van der Waals surface area (Å²) in [4.78, 5) is 10.0. The zero-order valence-corrected chi connectivity index (χ0v) is 12.9. The lowest BCUT2D eigenvalue weighted by atomic mass is 10.1. The van der Waals surface area contributed by atoms with Gasteiger partial charge in [0, 0.05) is 30.6 Å². The predicted octanol–water partition coefficient (Wildman–Crippen LogP) is 3.22. The summed E-state index contributed by atoms with van der Waals surface area (Å²) >= 11 is 0. The van der Waals surface area contributed by atoms with Crippen molar-refractivity contribution in [1.29, 1.82) is 0 Å². The normalized spacial score (nSPS) is 26.3. The average Bonchev–Trinajstić information content (AvgIpc) is 2.72. The van der Waals surface area contributed by atoms with E-state index in [9.17, 15) is 0 Å². The number of nitrogens with zero attached hydrogens (tertiary/aromatic N) is 3. The highest BCUT2D eigenvalue weighted by atomic mass is 15.3. The van der Waals surface area contributed by atoms with Crippen molar-refractivity contribution in [2.75, 3.05) is 25.0 Å². The van der Waals surface area contributed by atoms with Crippen molar-refractivity contribution in [3.8, 4) is 0 Å². The van der Waals surface area contributed by atoms with Crippen molar-refractivity contribution in [1.82, 2.24) is 9.88 Å². The van der Waals surface area contributed by atoms with Crippen LogP contribution in [0, 0.1) is 6.92 Å². The molecular formula is C18H23N3. The van der Waals surface area contributed by atoms with Crippen molar-refractivity contribution in [3.63, 3.8) is 0 Å². The molecule has 0 saturated carbocycles. The molecule has 21 heavy (non-hydrogen) atoms. The SMILES string of the molecule is Cc1cc(N2CCC3CCC(C2)N3C)nc2ccccc12. The Morgan fingerprint density at radius 1 is 1.10 bits per heavy atom. The average molecular weight is 281 g/mol. The quantitative estimate of drug-likeness (QED) is 0.800. The number of aryl methyl sites for hydroxylation is 1. The first-order valence-electron chi connectivity index (χ1n) is 8.05. The number of pyridine rings is 1. The Balaban J connectivity index is 1.70. The van der Waals surface area contributed by atoms with E-state index in [0.29, 0.717) is 6.04 Å². The molecule has 2 atom stereocenters. The van der Waals surface area contributed by atoms with Gasteiger partial charge in [-0.15, -0.1) is 0 Å². The lowest BCUT2D eigenvalue weighted by Gasteiger charge is -2.27. The third-order valence-electron chi connectivity index (χ3n) is 5.38. The van der Waals surface area contributed by atoms with Gasteiger partial charge in [-0.25, -0.2) is 4.98 Å². The molecule has 3 nitrogen and oxygen atoms in total. The van der Waals surface area contributed by atoms with Crippen LogP contribution in [0.5, 0.6) is 0 Å². The maximum Gasteiger partial charge on any atom is 0.129 e. The van der Waals surface area contributed by atoms with Gasteiger partial charge in [0.1, 0.15) is 5.82 Å². The van der Waals surface area contributed by atoms with Crippen molar-refractivity contribution >= 4 is 16.7 Å². The molecule has 1 aromatic carbocycles. The third kappa shape index (κ3) is 2.20. The summed E-state index contributed by atoms with van der Waals surface area (Å²) in [6.07, 6.45) is 3.98. The van der Waals surface area contributed by atoms with Crippen LogP contribution >= 0.6 is 0 Å². The van der Waals surface area contributed by atoms with Crippen molar-refractivity contribution in [2.24, 2.45) is 0 Å². The van der Waals surface area contributed by atoms with Gasteiger partial charge in [0.05, 0.1) is 5.52 Å². The largest absolute Gasteiger partial charge is 0.355 e. The van der Waals surface area contributed by atoms with Crippen LogP contribution in [0.25, 0.3) is 10.9 Å². The van der Waals surface area contributed by atoms with Crippen LogP contribution < -0.4 is 4.90 Å². The number of likely N-dealkylation sites (N-methyl/N-ethyl adjacent to an activating group) is 1. The summed E-state index contributed by atoms with van der Waals surface area (Å²) in [6, 6.07) is 12.2. The zero-order chi connectivity index (χ0) is 14.4.